The summed E-state index contributed by atoms with van der Waals surface area (Å²) >= 11 is 0. The number of nitrogens with two attached hydrogens (primary N) is 1. The first-order valence-corrected chi connectivity index (χ1v) is 9.70. The Labute approximate surface area is 186 Å². The summed E-state index contributed by atoms with van der Waals surface area (Å²) in [7, 11) is 3.93. The molecule has 0 radical (unpaired) electrons. The highest BCUT2D eigenvalue weighted by molar-refractivity contribution is 6.06. The monoisotopic (exact) mass is 433 g/mol. The molecule has 32 heavy (non-hydrogen) atoms. The Kier molecular flexibility index (Phi) is 6.50. The Morgan fingerprint density at radius 1 is 1.00 bits per heavy atom. The fourth-order valence-electron chi connectivity index (χ4n) is 3.83. The molecule has 164 valence electrons. The number of hydrogen-bond acceptors (Lipinski definition) is 8. The fraction of sp³-hybridized carbons (Fsp3) is 0.208. The van der Waals surface area contributed by atoms with Crippen LogP contribution in [0.15, 0.2) is 71.2 Å². The lowest BCUT2D eigenvalue weighted by Crippen LogP contribution is -2.41. The topological polar surface area (TPSA) is 115 Å². The summed E-state index contributed by atoms with van der Waals surface area (Å²) in [6.07, 6.45) is 0. The van der Waals surface area contributed by atoms with Crippen LogP contribution in [0.3, 0.4) is 0 Å². The number of nitriles is 1. The average molecular weight is 433 g/mol. The van der Waals surface area contributed by atoms with Gasteiger partial charge in [-0.25, -0.2) is 9.59 Å². The summed E-state index contributed by atoms with van der Waals surface area (Å²) in [5, 5.41) is 10.1. The van der Waals surface area contributed by atoms with Crippen molar-refractivity contribution in [2.45, 2.75) is 12.8 Å². The van der Waals surface area contributed by atoms with Crippen LogP contribution in [0.4, 0.5) is 5.69 Å². The summed E-state index contributed by atoms with van der Waals surface area (Å²) in [6, 6.07) is 16.1. The summed E-state index contributed by atoms with van der Waals surface area (Å²) in [5.41, 5.74) is 8.15. The van der Waals surface area contributed by atoms with Crippen molar-refractivity contribution in [2.75, 3.05) is 26.2 Å². The zero-order chi connectivity index (χ0) is 23.4. The zero-order valence-electron chi connectivity index (χ0n) is 18.2. The average Bonchev–Trinajstić information content (AvgIpc) is 2.83. The lowest BCUT2D eigenvalue weighted by Gasteiger charge is -2.36. The third-order valence-electron chi connectivity index (χ3n) is 5.33. The third kappa shape index (κ3) is 3.65. The molecule has 1 heterocycles. The predicted octanol–water partition coefficient (Wildman–Crippen LogP) is 2.90. The van der Waals surface area contributed by atoms with E-state index in [-0.39, 0.29) is 22.7 Å². The molecule has 0 aliphatic carbocycles. The minimum Gasteiger partial charge on any atom is -0.496 e. The molecule has 8 nitrogen and oxygen atoms in total. The van der Waals surface area contributed by atoms with Crippen LogP contribution in [-0.2, 0) is 19.1 Å². The van der Waals surface area contributed by atoms with Crippen LogP contribution in [0.5, 0.6) is 5.75 Å². The number of hydrogen-bond donors (Lipinski definition) is 1. The Morgan fingerprint density at radius 2 is 1.66 bits per heavy atom. The van der Waals surface area contributed by atoms with Crippen LogP contribution in [0, 0.1) is 18.3 Å². The van der Waals surface area contributed by atoms with Crippen LogP contribution in [0.2, 0.25) is 0 Å². The van der Waals surface area contributed by atoms with E-state index in [0.717, 1.165) is 0 Å². The normalized spacial score (nSPS) is 15.8. The Hall–Kier alpha value is -4.25. The van der Waals surface area contributed by atoms with Gasteiger partial charge in [-0.05, 0) is 24.6 Å². The van der Waals surface area contributed by atoms with E-state index < -0.39 is 17.9 Å². The van der Waals surface area contributed by atoms with Crippen molar-refractivity contribution in [3.63, 3.8) is 0 Å². The highest BCUT2D eigenvalue weighted by atomic mass is 16.5. The smallest absolute Gasteiger partial charge is 0.355 e. The number of esters is 2. The van der Waals surface area contributed by atoms with E-state index in [0.29, 0.717) is 22.6 Å². The second-order valence-corrected chi connectivity index (χ2v) is 6.94. The van der Waals surface area contributed by atoms with Crippen molar-refractivity contribution in [1.29, 1.82) is 5.26 Å². The lowest BCUT2D eigenvalue weighted by molar-refractivity contribution is -0.139. The molecule has 2 aromatic carbocycles. The molecular formula is C24H23N3O5. The fourth-order valence-corrected chi connectivity index (χ4v) is 3.83. The van der Waals surface area contributed by atoms with Gasteiger partial charge in [0.1, 0.15) is 17.3 Å². The Balaban J connectivity index is 2.45. The van der Waals surface area contributed by atoms with Crippen molar-refractivity contribution >= 4 is 17.6 Å². The van der Waals surface area contributed by atoms with Gasteiger partial charge >= 0.3 is 11.9 Å². The maximum absolute atomic E-state index is 13.0. The van der Waals surface area contributed by atoms with Crippen LogP contribution in [-0.4, -0.2) is 33.3 Å². The highest BCUT2D eigenvalue weighted by Crippen LogP contribution is 2.44. The summed E-state index contributed by atoms with van der Waals surface area (Å²) in [4.78, 5) is 27.4. The first-order chi connectivity index (χ1) is 15.4. The van der Waals surface area contributed by atoms with E-state index in [2.05, 4.69) is 6.07 Å². The van der Waals surface area contributed by atoms with Crippen molar-refractivity contribution < 1.29 is 23.8 Å². The molecule has 8 heteroatoms. The molecule has 0 saturated heterocycles. The van der Waals surface area contributed by atoms with Crippen molar-refractivity contribution in [3.8, 4) is 11.8 Å². The number of carbonyl (C=O) groups is 2. The Bertz CT molecular complexity index is 1160. The zero-order valence-corrected chi connectivity index (χ0v) is 18.2. The molecule has 3 rings (SSSR count). The number of allylic oxidation sites excluding steroid dienone is 1. The molecule has 1 aliphatic rings. The maximum atomic E-state index is 13.0. The molecule has 1 unspecified atom stereocenters. The summed E-state index contributed by atoms with van der Waals surface area (Å²) in [6.45, 7) is 1.78. The van der Waals surface area contributed by atoms with Gasteiger partial charge in [0.05, 0.1) is 50.2 Å². The largest absolute Gasteiger partial charge is 0.496 e. The minimum atomic E-state index is -0.912. The molecule has 0 fully saturated rings. The number of benzene rings is 2. The number of anilines is 1. The van der Waals surface area contributed by atoms with E-state index in [4.69, 9.17) is 19.9 Å². The van der Waals surface area contributed by atoms with Gasteiger partial charge < -0.3 is 19.9 Å². The van der Waals surface area contributed by atoms with Crippen molar-refractivity contribution in [1.82, 2.24) is 0 Å². The maximum Gasteiger partial charge on any atom is 0.355 e. The van der Waals surface area contributed by atoms with Gasteiger partial charge in [-0.2, -0.15) is 5.26 Å². The van der Waals surface area contributed by atoms with E-state index in [1.165, 1.54) is 26.2 Å². The van der Waals surface area contributed by atoms with E-state index >= 15 is 0 Å². The number of ether oxygens (including phenoxy) is 3. The number of rotatable bonds is 5. The lowest BCUT2D eigenvalue weighted by atomic mass is 9.80. The number of methoxy groups -OCH3 is 3. The molecule has 0 spiro atoms. The second-order valence-electron chi connectivity index (χ2n) is 6.94. The van der Waals surface area contributed by atoms with Crippen LogP contribution in [0.25, 0.3) is 0 Å². The Morgan fingerprint density at radius 3 is 2.22 bits per heavy atom. The van der Waals surface area contributed by atoms with Gasteiger partial charge in [-0.3, -0.25) is 4.90 Å². The van der Waals surface area contributed by atoms with Crippen molar-refractivity contribution in [3.05, 3.63) is 82.3 Å². The standard InChI is InChI=1S/C24H23N3O5/c1-14-17(11-8-12-18(14)30-2)27-21(24(29)32-4)20(23(28)31-3)19(16(13-25)22(27)26)15-9-6-5-7-10-15/h5-12,19H,26H2,1-4H3. The first kappa shape index (κ1) is 22.4. The molecule has 1 aliphatic heterocycles. The van der Waals surface area contributed by atoms with Gasteiger partial charge in [-0.1, -0.05) is 36.4 Å². The van der Waals surface area contributed by atoms with Crippen LogP contribution < -0.4 is 15.4 Å². The molecular weight excluding hydrogens is 410 g/mol. The second kappa shape index (κ2) is 9.27. The summed E-state index contributed by atoms with van der Waals surface area (Å²) < 4.78 is 15.5. The summed E-state index contributed by atoms with van der Waals surface area (Å²) in [5.74, 6) is -1.93. The van der Waals surface area contributed by atoms with E-state index in [1.54, 1.807) is 55.5 Å². The van der Waals surface area contributed by atoms with Gasteiger partial charge in [-0.15, -0.1) is 0 Å². The molecule has 0 bridgehead atoms. The van der Waals surface area contributed by atoms with Gasteiger partial charge in [0.25, 0.3) is 0 Å². The van der Waals surface area contributed by atoms with E-state index in [1.807, 2.05) is 0 Å². The molecule has 0 aromatic heterocycles. The predicted molar refractivity (Wildman–Crippen MR) is 117 cm³/mol. The molecule has 0 saturated carbocycles. The van der Waals surface area contributed by atoms with Gasteiger partial charge in [0.15, 0.2) is 0 Å². The van der Waals surface area contributed by atoms with Crippen LogP contribution >= 0.6 is 0 Å². The minimum absolute atomic E-state index is 0.00533. The van der Waals surface area contributed by atoms with Crippen molar-refractivity contribution in [2.24, 2.45) is 5.73 Å². The third-order valence-corrected chi connectivity index (χ3v) is 5.33. The number of carbonyl (C=O) groups excluding carboxylic acids is 2. The molecule has 1 atom stereocenters. The van der Waals surface area contributed by atoms with Crippen LogP contribution in [0.1, 0.15) is 17.0 Å². The quantitative estimate of drug-likeness (QED) is 0.716. The molecule has 0 amide bonds. The van der Waals surface area contributed by atoms with Gasteiger partial charge in [0, 0.05) is 5.56 Å². The molecule has 2 aromatic rings. The SMILES string of the molecule is COC(=O)C1=C(C(=O)OC)N(c2cccc(OC)c2C)C(N)=C(C#N)C1c1ccccc1. The number of nitrogens with zero attached hydrogens (tertiary/aromatic N) is 2. The highest BCUT2D eigenvalue weighted by Gasteiger charge is 2.43. The van der Waals surface area contributed by atoms with E-state index in [9.17, 15) is 14.9 Å². The van der Waals surface area contributed by atoms with Gasteiger partial charge in [0.2, 0.25) is 0 Å². The first-order valence-electron chi connectivity index (χ1n) is 9.70. The molecule has 2 N–H and O–H groups in total.